The number of ether oxygens (including phenoxy) is 3. The summed E-state index contributed by atoms with van der Waals surface area (Å²) in [5.41, 5.74) is -1.01. The first kappa shape index (κ1) is 48.2. The number of amides is 3. The van der Waals surface area contributed by atoms with Gasteiger partial charge in [0.1, 0.15) is 18.2 Å². The van der Waals surface area contributed by atoms with Crippen molar-refractivity contribution in [2.75, 3.05) is 14.2 Å². The number of phenolic OH excluding ortho intramolecular Hbond substituents is 1. The first-order valence-corrected chi connectivity index (χ1v) is 20.8. The first-order valence-electron chi connectivity index (χ1n) is 18.8. The Morgan fingerprint density at radius 2 is 1.70 bits per heavy atom. The summed E-state index contributed by atoms with van der Waals surface area (Å²) >= 11 is 14.6. The van der Waals surface area contributed by atoms with Gasteiger partial charge in [-0.3, -0.25) is 14.4 Å². The predicted molar refractivity (Wildman–Crippen MR) is 229 cm³/mol. The van der Waals surface area contributed by atoms with Crippen molar-refractivity contribution in [1.29, 1.82) is 0 Å². The lowest BCUT2D eigenvalue weighted by atomic mass is 9.93. The molecule has 1 saturated heterocycles. The number of benzene rings is 2. The van der Waals surface area contributed by atoms with Gasteiger partial charge in [-0.15, -0.1) is 6.58 Å². The fraction of sp³-hybridized carbons (Fsp3) is 0.524. The van der Waals surface area contributed by atoms with E-state index in [0.29, 0.717) is 24.0 Å². The number of carbonyl (C=O) groups is 4. The molecule has 0 bridgehead atoms. The molecule has 1 fully saturated rings. The summed E-state index contributed by atoms with van der Waals surface area (Å²) in [4.78, 5) is 58.0. The van der Waals surface area contributed by atoms with Crippen LogP contribution in [0, 0.1) is 11.8 Å². The number of aliphatic hydroxyl groups is 1. The molecule has 0 radical (unpaired) electrons. The molecular formula is C42H56Cl2IN3O9. The highest BCUT2D eigenvalue weighted by Gasteiger charge is 2.61. The molecule has 57 heavy (non-hydrogen) atoms. The molecule has 3 rings (SSSR count). The molecule has 1 aliphatic heterocycles. The molecule has 0 unspecified atom stereocenters. The third-order valence-corrected chi connectivity index (χ3v) is 12.1. The minimum atomic E-state index is -1.83. The molecule has 3 amide bonds. The van der Waals surface area contributed by atoms with Crippen LogP contribution in [0.2, 0.25) is 10.0 Å². The maximum absolute atomic E-state index is 14.4. The van der Waals surface area contributed by atoms with Crippen LogP contribution in [0.4, 0.5) is 0 Å². The Bertz CT molecular complexity index is 1770. The standard InChI is InChI=1S/C42H56Cl2IN3O9/c1-11-23(3)33(48(9)40(53)42(8)32(57-42)21-31(55-10)25(5)22-45)38(51)46-30(20-26-18-28(43)34(49)29(44)19-26)37(50)47-36(41(6,7)54)39(52)56-35(24(4)12-2)27-16-14-13-15-17-27/h12-19,22-24,30-33,35-36,49,54H,2,11,20-21H2,1,3-10H3,(H,46,51)(H,47,50)/b25-22+/t23-,24+,30+,31+,32-,33-,35-,36+,42+/m0/s1. The summed E-state index contributed by atoms with van der Waals surface area (Å²) in [5, 5.41) is 26.7. The molecule has 0 aromatic heterocycles. The summed E-state index contributed by atoms with van der Waals surface area (Å²) in [6.07, 6.45) is 0.850. The maximum atomic E-state index is 14.4. The zero-order valence-electron chi connectivity index (χ0n) is 34.0. The zero-order valence-corrected chi connectivity index (χ0v) is 37.6. The van der Waals surface area contributed by atoms with Crippen LogP contribution in [-0.2, 0) is 39.8 Å². The largest absolute Gasteiger partial charge is 0.505 e. The summed E-state index contributed by atoms with van der Waals surface area (Å²) in [6.45, 7) is 15.7. The van der Waals surface area contributed by atoms with E-state index >= 15 is 0 Å². The Morgan fingerprint density at radius 3 is 2.21 bits per heavy atom. The molecule has 2 aromatic carbocycles. The average Bonchev–Trinajstić information content (AvgIpc) is 3.84. The SMILES string of the molecule is C=C[C@@H](C)[C@H](OC(=O)[C@@H](NC(=O)[C@@H](Cc1cc(Cl)c(O)c(Cl)c1)NC(=O)[C@H]([C@@H](C)CC)N(C)C(=O)[C@]1(C)O[C@H]1C[C@@H](OC)/C(C)=C/I)C(C)(C)O)c1ccccc1. The van der Waals surface area contributed by atoms with Crippen molar-refractivity contribution in [2.24, 2.45) is 11.8 Å². The topological polar surface area (TPSA) is 167 Å². The number of likely N-dealkylation sites (N-methyl/N-ethyl adjacent to an activating group) is 1. The second kappa shape index (κ2) is 20.7. The number of rotatable bonds is 20. The molecule has 314 valence electrons. The van der Waals surface area contributed by atoms with Gasteiger partial charge in [0.05, 0.1) is 27.9 Å². The summed E-state index contributed by atoms with van der Waals surface area (Å²) < 4.78 is 19.4. The van der Waals surface area contributed by atoms with Crippen molar-refractivity contribution in [3.05, 3.63) is 85.9 Å². The minimum absolute atomic E-state index is 0.0841. The molecule has 1 heterocycles. The number of methoxy groups -OCH3 is 1. The average molecular weight is 945 g/mol. The number of phenols is 1. The van der Waals surface area contributed by atoms with Crippen LogP contribution in [0.25, 0.3) is 0 Å². The van der Waals surface area contributed by atoms with E-state index in [4.69, 9.17) is 37.4 Å². The Kier molecular flexibility index (Phi) is 17.5. The number of hydrogen-bond acceptors (Lipinski definition) is 9. The third-order valence-electron chi connectivity index (χ3n) is 10.5. The predicted octanol–water partition coefficient (Wildman–Crippen LogP) is 6.86. The first-order chi connectivity index (χ1) is 26.6. The van der Waals surface area contributed by atoms with Gasteiger partial charge in [-0.25, -0.2) is 4.79 Å². The third kappa shape index (κ3) is 12.2. The summed E-state index contributed by atoms with van der Waals surface area (Å²) in [7, 11) is 3.12. The Morgan fingerprint density at radius 1 is 1.11 bits per heavy atom. The number of epoxide rings is 1. The maximum Gasteiger partial charge on any atom is 0.332 e. The second-order valence-corrected chi connectivity index (χ2v) is 16.8. The van der Waals surface area contributed by atoms with E-state index in [1.165, 1.54) is 37.9 Å². The molecule has 0 spiro atoms. The van der Waals surface area contributed by atoms with E-state index in [1.807, 2.05) is 37.8 Å². The van der Waals surface area contributed by atoms with Gasteiger partial charge in [0.2, 0.25) is 11.8 Å². The number of carbonyl (C=O) groups excluding carboxylic acids is 4. The molecule has 0 aliphatic carbocycles. The fourth-order valence-corrected chi connectivity index (χ4v) is 7.55. The lowest BCUT2D eigenvalue weighted by Gasteiger charge is -2.35. The molecule has 0 saturated carbocycles. The van der Waals surface area contributed by atoms with Crippen LogP contribution in [0.5, 0.6) is 5.75 Å². The van der Waals surface area contributed by atoms with E-state index in [2.05, 4.69) is 39.8 Å². The Balaban J connectivity index is 1.97. The van der Waals surface area contributed by atoms with Crippen LogP contribution in [-0.4, -0.2) is 94.5 Å². The zero-order chi connectivity index (χ0) is 43.0. The van der Waals surface area contributed by atoms with Crippen LogP contribution in [0.3, 0.4) is 0 Å². The Hall–Kier alpha value is -3.21. The number of hydrogen-bond donors (Lipinski definition) is 4. The van der Waals surface area contributed by atoms with Crippen molar-refractivity contribution in [1.82, 2.24) is 15.5 Å². The van der Waals surface area contributed by atoms with Gasteiger partial charge < -0.3 is 40.0 Å². The highest BCUT2D eigenvalue weighted by atomic mass is 127. The second-order valence-electron chi connectivity index (χ2n) is 15.4. The number of nitrogens with zero attached hydrogens (tertiary/aromatic N) is 1. The fourth-order valence-electron chi connectivity index (χ4n) is 6.61. The van der Waals surface area contributed by atoms with Gasteiger partial charge in [-0.05, 0) is 66.5 Å². The van der Waals surface area contributed by atoms with E-state index in [1.54, 1.807) is 44.4 Å². The van der Waals surface area contributed by atoms with Crippen molar-refractivity contribution in [3.63, 3.8) is 0 Å². The van der Waals surface area contributed by atoms with Crippen LogP contribution < -0.4 is 10.6 Å². The van der Waals surface area contributed by atoms with E-state index in [9.17, 15) is 29.4 Å². The smallest absolute Gasteiger partial charge is 0.332 e. The summed E-state index contributed by atoms with van der Waals surface area (Å²) in [5.74, 6) is -3.90. The van der Waals surface area contributed by atoms with Gasteiger partial charge in [-0.2, -0.15) is 0 Å². The molecule has 1 aliphatic rings. The molecule has 4 N–H and O–H groups in total. The molecule has 9 atom stereocenters. The van der Waals surface area contributed by atoms with Gasteiger partial charge in [0.15, 0.2) is 17.4 Å². The molecule has 2 aromatic rings. The van der Waals surface area contributed by atoms with Gasteiger partial charge in [0.25, 0.3) is 5.91 Å². The highest BCUT2D eigenvalue weighted by Crippen LogP contribution is 2.42. The number of nitrogens with one attached hydrogen (secondary N) is 2. The quantitative estimate of drug-likeness (QED) is 0.0480. The van der Waals surface area contributed by atoms with Crippen molar-refractivity contribution in [2.45, 2.75) is 115 Å². The Labute approximate surface area is 359 Å². The molecule has 12 nitrogen and oxygen atoms in total. The van der Waals surface area contributed by atoms with Crippen molar-refractivity contribution in [3.8, 4) is 5.75 Å². The van der Waals surface area contributed by atoms with Crippen LogP contribution in [0.1, 0.15) is 78.5 Å². The van der Waals surface area contributed by atoms with Crippen molar-refractivity contribution >= 4 is 69.5 Å². The summed E-state index contributed by atoms with van der Waals surface area (Å²) in [6, 6.07) is 7.75. The van der Waals surface area contributed by atoms with E-state index in [-0.39, 0.29) is 40.2 Å². The van der Waals surface area contributed by atoms with Gasteiger partial charge in [-0.1, -0.05) is 109 Å². The minimum Gasteiger partial charge on any atom is -0.505 e. The lowest BCUT2D eigenvalue weighted by Crippen LogP contribution is -2.61. The molecule has 15 heteroatoms. The van der Waals surface area contributed by atoms with E-state index < -0.39 is 65.2 Å². The number of esters is 1. The van der Waals surface area contributed by atoms with E-state index in [0.717, 1.165) is 5.57 Å². The number of aromatic hydroxyl groups is 1. The van der Waals surface area contributed by atoms with Crippen LogP contribution in [0.15, 0.2) is 64.8 Å². The van der Waals surface area contributed by atoms with Gasteiger partial charge in [0, 0.05) is 32.9 Å². The van der Waals surface area contributed by atoms with Gasteiger partial charge >= 0.3 is 5.97 Å². The van der Waals surface area contributed by atoms with Crippen molar-refractivity contribution < 1.29 is 43.6 Å². The monoisotopic (exact) mass is 943 g/mol. The number of halogens is 3. The highest BCUT2D eigenvalue weighted by molar-refractivity contribution is 14.1. The van der Waals surface area contributed by atoms with Crippen LogP contribution >= 0.6 is 45.8 Å². The lowest BCUT2D eigenvalue weighted by molar-refractivity contribution is -0.162. The molecular weight excluding hydrogens is 888 g/mol. The normalized spacial score (nSPS) is 20.5.